The van der Waals surface area contributed by atoms with E-state index in [4.69, 9.17) is 9.47 Å². The number of carbonyl (C=O) groups is 2. The van der Waals surface area contributed by atoms with Crippen LogP contribution in [0.1, 0.15) is 32.1 Å². The van der Waals surface area contributed by atoms with Gasteiger partial charge in [0, 0.05) is 20.1 Å². The molecule has 114 valence electrons. The Morgan fingerprint density at radius 3 is 2.50 bits per heavy atom. The van der Waals surface area contributed by atoms with Crippen LogP contribution in [0.15, 0.2) is 0 Å². The molecule has 3 N–H and O–H groups in total. The zero-order chi connectivity index (χ0) is 14.6. The lowest BCUT2D eigenvalue weighted by Crippen LogP contribution is -2.57. The summed E-state index contributed by atoms with van der Waals surface area (Å²) in [5.74, 6) is -0.962. The van der Waals surface area contributed by atoms with Crippen LogP contribution in [0.25, 0.3) is 0 Å². The average Bonchev–Trinajstić information content (AvgIpc) is 3.06. The van der Waals surface area contributed by atoms with Crippen LogP contribution in [0.2, 0.25) is 0 Å². The second kappa shape index (κ2) is 5.97. The van der Waals surface area contributed by atoms with E-state index in [2.05, 4.69) is 10.6 Å². The number of carboxylic acids is 1. The van der Waals surface area contributed by atoms with Gasteiger partial charge in [0.05, 0.1) is 13.2 Å². The van der Waals surface area contributed by atoms with E-state index in [9.17, 15) is 14.7 Å². The molecule has 0 aromatic carbocycles. The molecule has 0 radical (unpaired) electrons. The monoisotopic (exact) mass is 286 g/mol. The van der Waals surface area contributed by atoms with E-state index in [1.54, 1.807) is 7.11 Å². The predicted octanol–water partition coefficient (Wildman–Crippen LogP) is 0.489. The average molecular weight is 286 g/mol. The normalized spacial score (nSPS) is 28.2. The summed E-state index contributed by atoms with van der Waals surface area (Å²) >= 11 is 0. The molecule has 7 nitrogen and oxygen atoms in total. The molecule has 1 unspecified atom stereocenters. The molecule has 0 aromatic heterocycles. The molecule has 1 aliphatic carbocycles. The highest BCUT2D eigenvalue weighted by Crippen LogP contribution is 2.29. The van der Waals surface area contributed by atoms with Gasteiger partial charge < -0.3 is 25.2 Å². The second-order valence-corrected chi connectivity index (χ2v) is 5.59. The third-order valence-corrected chi connectivity index (χ3v) is 4.29. The number of carbonyl (C=O) groups excluding carboxylic acids is 1. The summed E-state index contributed by atoms with van der Waals surface area (Å²) in [6, 6.07) is -0.461. The van der Waals surface area contributed by atoms with Crippen molar-refractivity contribution in [3.8, 4) is 0 Å². The fraction of sp³-hybridized carbons (Fsp3) is 0.846. The highest BCUT2D eigenvalue weighted by molar-refractivity contribution is 5.86. The molecule has 0 aromatic rings. The van der Waals surface area contributed by atoms with Gasteiger partial charge in [0.2, 0.25) is 0 Å². The fourth-order valence-corrected chi connectivity index (χ4v) is 2.83. The number of nitrogens with one attached hydrogen (secondary N) is 2. The lowest BCUT2D eigenvalue weighted by atomic mass is 9.98. The van der Waals surface area contributed by atoms with E-state index in [0.29, 0.717) is 39.0 Å². The summed E-state index contributed by atoms with van der Waals surface area (Å²) in [5.41, 5.74) is -1.61. The summed E-state index contributed by atoms with van der Waals surface area (Å²) < 4.78 is 10.7. The summed E-state index contributed by atoms with van der Waals surface area (Å²) in [4.78, 5) is 23.3. The largest absolute Gasteiger partial charge is 0.480 e. The summed E-state index contributed by atoms with van der Waals surface area (Å²) in [6.07, 6.45) is 3.32. The number of hydrogen-bond acceptors (Lipinski definition) is 4. The molecule has 0 spiro atoms. The molecule has 7 heteroatoms. The van der Waals surface area contributed by atoms with Gasteiger partial charge in [-0.05, 0) is 12.8 Å². The zero-order valence-electron chi connectivity index (χ0n) is 11.7. The fourth-order valence-electron chi connectivity index (χ4n) is 2.83. The van der Waals surface area contributed by atoms with E-state index in [-0.39, 0.29) is 0 Å². The Balaban J connectivity index is 1.87. The quantitative estimate of drug-likeness (QED) is 0.683. The van der Waals surface area contributed by atoms with Crippen molar-refractivity contribution in [2.45, 2.75) is 43.2 Å². The molecule has 2 fully saturated rings. The van der Waals surface area contributed by atoms with Crippen LogP contribution in [0, 0.1) is 0 Å². The van der Waals surface area contributed by atoms with Gasteiger partial charge in [0.1, 0.15) is 11.1 Å². The van der Waals surface area contributed by atoms with Crippen molar-refractivity contribution in [1.29, 1.82) is 0 Å². The number of hydrogen-bond donors (Lipinski definition) is 3. The second-order valence-electron chi connectivity index (χ2n) is 5.59. The molecule has 1 atom stereocenters. The molecule has 0 bridgehead atoms. The number of methoxy groups -OCH3 is 1. The zero-order valence-corrected chi connectivity index (χ0v) is 11.7. The van der Waals surface area contributed by atoms with Gasteiger partial charge in [-0.2, -0.15) is 0 Å². The van der Waals surface area contributed by atoms with Gasteiger partial charge in [-0.1, -0.05) is 12.8 Å². The van der Waals surface area contributed by atoms with Crippen LogP contribution >= 0.6 is 0 Å². The Hall–Kier alpha value is -1.34. The predicted molar refractivity (Wildman–Crippen MR) is 70.5 cm³/mol. The van der Waals surface area contributed by atoms with Crippen molar-refractivity contribution >= 4 is 12.0 Å². The summed E-state index contributed by atoms with van der Waals surface area (Å²) in [7, 11) is 1.59. The smallest absolute Gasteiger partial charge is 0.329 e. The Morgan fingerprint density at radius 1 is 1.30 bits per heavy atom. The number of aliphatic carboxylic acids is 1. The minimum atomic E-state index is -1.11. The van der Waals surface area contributed by atoms with Crippen LogP contribution < -0.4 is 10.6 Å². The SMILES string of the molecule is COC1(CNC(=O)NC2(C(=O)O)CCCC2)CCOC1. The Bertz CT molecular complexity index is 373. The van der Waals surface area contributed by atoms with Gasteiger partial charge >= 0.3 is 12.0 Å². The van der Waals surface area contributed by atoms with Crippen molar-refractivity contribution in [3.63, 3.8) is 0 Å². The molecule has 2 rings (SSSR count). The molecule has 2 aliphatic rings. The van der Waals surface area contributed by atoms with Gasteiger partial charge in [-0.15, -0.1) is 0 Å². The van der Waals surface area contributed by atoms with Crippen molar-refractivity contribution in [2.24, 2.45) is 0 Å². The molecular weight excluding hydrogens is 264 g/mol. The van der Waals surface area contributed by atoms with Crippen molar-refractivity contribution in [3.05, 3.63) is 0 Å². The maximum Gasteiger partial charge on any atom is 0.329 e. The van der Waals surface area contributed by atoms with E-state index < -0.39 is 23.1 Å². The lowest BCUT2D eigenvalue weighted by molar-refractivity contribution is -0.144. The Morgan fingerprint density at radius 2 is 2.00 bits per heavy atom. The molecule has 1 aliphatic heterocycles. The topological polar surface area (TPSA) is 96.9 Å². The molecule has 1 heterocycles. The molecule has 2 amide bonds. The number of urea groups is 1. The van der Waals surface area contributed by atoms with Gasteiger partial charge in [0.15, 0.2) is 0 Å². The van der Waals surface area contributed by atoms with Crippen molar-refractivity contribution < 1.29 is 24.2 Å². The van der Waals surface area contributed by atoms with E-state index in [0.717, 1.165) is 12.8 Å². The first kappa shape index (κ1) is 15.1. The standard InChI is InChI=1S/C13H22N2O5/c1-19-12(6-7-20-9-12)8-14-11(18)15-13(10(16)17)4-2-3-5-13/h2-9H2,1H3,(H,16,17)(H2,14,15,18). The van der Waals surface area contributed by atoms with E-state index >= 15 is 0 Å². The molecule has 1 saturated carbocycles. The van der Waals surface area contributed by atoms with E-state index in [1.807, 2.05) is 0 Å². The maximum atomic E-state index is 11.9. The van der Waals surface area contributed by atoms with E-state index in [1.165, 1.54) is 0 Å². The minimum absolute atomic E-state index is 0.311. The third kappa shape index (κ3) is 3.04. The first-order valence-corrected chi connectivity index (χ1v) is 6.94. The van der Waals surface area contributed by atoms with Gasteiger partial charge in [-0.25, -0.2) is 9.59 Å². The Kier molecular flexibility index (Phi) is 4.49. The third-order valence-electron chi connectivity index (χ3n) is 4.29. The molecule has 20 heavy (non-hydrogen) atoms. The highest BCUT2D eigenvalue weighted by Gasteiger charge is 2.43. The van der Waals surface area contributed by atoms with Crippen LogP contribution in [-0.4, -0.2) is 55.1 Å². The Labute approximate surface area is 118 Å². The first-order valence-electron chi connectivity index (χ1n) is 6.94. The lowest BCUT2D eigenvalue weighted by Gasteiger charge is -2.29. The van der Waals surface area contributed by atoms with Gasteiger partial charge in [-0.3, -0.25) is 0 Å². The van der Waals surface area contributed by atoms with Gasteiger partial charge in [0.25, 0.3) is 0 Å². The highest BCUT2D eigenvalue weighted by atomic mass is 16.5. The minimum Gasteiger partial charge on any atom is -0.480 e. The van der Waals surface area contributed by atoms with Crippen molar-refractivity contribution in [1.82, 2.24) is 10.6 Å². The number of rotatable bonds is 5. The summed E-state index contributed by atoms with van der Waals surface area (Å²) in [6.45, 7) is 1.36. The van der Waals surface area contributed by atoms with Crippen LogP contribution in [0.5, 0.6) is 0 Å². The molecular formula is C13H22N2O5. The van der Waals surface area contributed by atoms with Crippen LogP contribution in [0.3, 0.4) is 0 Å². The first-order chi connectivity index (χ1) is 9.52. The van der Waals surface area contributed by atoms with Crippen LogP contribution in [0.4, 0.5) is 4.79 Å². The number of ether oxygens (including phenoxy) is 2. The number of carboxylic acid groups (broad SMARTS) is 1. The molecule has 1 saturated heterocycles. The van der Waals surface area contributed by atoms with Crippen LogP contribution in [-0.2, 0) is 14.3 Å². The summed E-state index contributed by atoms with van der Waals surface area (Å²) in [5, 5.41) is 14.6. The maximum absolute atomic E-state index is 11.9. The van der Waals surface area contributed by atoms with Crippen molar-refractivity contribution in [2.75, 3.05) is 26.9 Å². The number of amides is 2.